The molecule has 8 nitrogen and oxygen atoms in total. The maximum atomic E-state index is 12.7. The van der Waals surface area contributed by atoms with E-state index < -0.39 is 12.1 Å². The third-order valence-corrected chi connectivity index (χ3v) is 4.90. The molecule has 2 aromatic rings. The topological polar surface area (TPSA) is 91.0 Å². The third kappa shape index (κ3) is 5.47. The average Bonchev–Trinajstić information content (AvgIpc) is 3.26. The van der Waals surface area contributed by atoms with Crippen molar-refractivity contribution in [3.63, 3.8) is 0 Å². The van der Waals surface area contributed by atoms with Gasteiger partial charge in [0.2, 0.25) is 0 Å². The van der Waals surface area contributed by atoms with Crippen LogP contribution in [-0.2, 0) is 4.79 Å². The van der Waals surface area contributed by atoms with Crippen molar-refractivity contribution < 1.29 is 27.9 Å². The molecule has 1 fully saturated rings. The summed E-state index contributed by atoms with van der Waals surface area (Å²) in [5, 5.41) is 15.8. The fraction of sp³-hybridized carbons (Fsp3) is 0.579. The number of aromatic nitrogens is 3. The van der Waals surface area contributed by atoms with E-state index in [1.807, 2.05) is 48.4 Å². The average molecular weight is 429 g/mol. The number of carbonyl (C=O) groups is 2. The predicted octanol–water partition coefficient (Wildman–Crippen LogP) is 2.65. The first-order valence-corrected chi connectivity index (χ1v) is 9.60. The van der Waals surface area contributed by atoms with Crippen molar-refractivity contribution in [3.8, 4) is 0 Å². The Bertz CT molecular complexity index is 897. The molecular formula is C19H26F3N5O3. The van der Waals surface area contributed by atoms with Gasteiger partial charge in [0.05, 0.1) is 5.56 Å². The summed E-state index contributed by atoms with van der Waals surface area (Å²) in [5.74, 6) is -1.35. The molecule has 2 aromatic heterocycles. The summed E-state index contributed by atoms with van der Waals surface area (Å²) in [4.78, 5) is 25.8. The van der Waals surface area contributed by atoms with Crippen LogP contribution in [0.5, 0.6) is 0 Å². The minimum Gasteiger partial charge on any atom is -0.475 e. The highest BCUT2D eigenvalue weighted by atomic mass is 19.4. The number of hydrogen-bond donors (Lipinski definition) is 1. The molecule has 166 valence electrons. The standard InChI is InChI=1S/C17H25N5O.C2HF3O2/c1-5-21(12(2)3)17(23)14-6-7-15-18-19-16(22(15)11-14)13-8-9-20(4)10-13;3-2(4,5)1(6)7/h6-7,11-13H,5,8-10H2,1-4H3;(H,6,7). The van der Waals surface area contributed by atoms with E-state index in [2.05, 4.69) is 22.1 Å². The quantitative estimate of drug-likeness (QED) is 0.804. The van der Waals surface area contributed by atoms with E-state index in [9.17, 15) is 18.0 Å². The number of carboxylic acid groups (broad SMARTS) is 1. The van der Waals surface area contributed by atoms with Crippen molar-refractivity contribution >= 4 is 17.5 Å². The van der Waals surface area contributed by atoms with Gasteiger partial charge in [-0.25, -0.2) is 4.79 Å². The summed E-state index contributed by atoms with van der Waals surface area (Å²) in [5.41, 5.74) is 1.50. The largest absolute Gasteiger partial charge is 0.490 e. The number of rotatable bonds is 4. The van der Waals surface area contributed by atoms with Crippen LogP contribution in [-0.4, -0.2) is 80.3 Å². The molecule has 1 N–H and O–H groups in total. The molecule has 0 aromatic carbocycles. The van der Waals surface area contributed by atoms with E-state index in [1.165, 1.54) is 0 Å². The van der Waals surface area contributed by atoms with Crippen LogP contribution in [0.4, 0.5) is 13.2 Å². The van der Waals surface area contributed by atoms with Crippen molar-refractivity contribution in [1.82, 2.24) is 24.4 Å². The van der Waals surface area contributed by atoms with Gasteiger partial charge in [0.1, 0.15) is 5.82 Å². The lowest BCUT2D eigenvalue weighted by atomic mass is 10.1. The van der Waals surface area contributed by atoms with Crippen molar-refractivity contribution in [2.24, 2.45) is 0 Å². The SMILES string of the molecule is CCN(C(=O)c1ccc2nnc(C3CCN(C)C3)n2c1)C(C)C.O=C(O)C(F)(F)F. The summed E-state index contributed by atoms with van der Waals surface area (Å²) in [6.45, 7) is 8.87. The lowest BCUT2D eigenvalue weighted by Crippen LogP contribution is -2.36. The number of hydrogen-bond acceptors (Lipinski definition) is 5. The minimum absolute atomic E-state index is 0.0626. The van der Waals surface area contributed by atoms with Gasteiger partial charge in [-0.1, -0.05) is 0 Å². The first-order chi connectivity index (χ1) is 14.0. The fourth-order valence-electron chi connectivity index (χ4n) is 3.37. The number of likely N-dealkylation sites (N-methyl/N-ethyl adjacent to an activating group) is 1. The lowest BCUT2D eigenvalue weighted by Gasteiger charge is -2.25. The van der Waals surface area contributed by atoms with Crippen LogP contribution in [0.1, 0.15) is 49.3 Å². The Kier molecular flexibility index (Phi) is 7.40. The monoisotopic (exact) mass is 429 g/mol. The van der Waals surface area contributed by atoms with Gasteiger partial charge in [0.25, 0.3) is 5.91 Å². The molecule has 1 saturated heterocycles. The van der Waals surface area contributed by atoms with Crippen LogP contribution in [0.25, 0.3) is 5.65 Å². The number of aliphatic carboxylic acids is 1. The fourth-order valence-corrected chi connectivity index (χ4v) is 3.37. The highest BCUT2D eigenvalue weighted by Gasteiger charge is 2.38. The van der Waals surface area contributed by atoms with Crippen molar-refractivity contribution in [2.75, 3.05) is 26.7 Å². The number of carboxylic acids is 1. The highest BCUT2D eigenvalue weighted by molar-refractivity contribution is 5.94. The van der Waals surface area contributed by atoms with Crippen LogP contribution >= 0.6 is 0 Å². The normalized spacial score (nSPS) is 17.1. The van der Waals surface area contributed by atoms with Gasteiger partial charge in [-0.3, -0.25) is 9.20 Å². The first kappa shape index (κ1) is 23.6. The number of halogens is 3. The number of likely N-dealkylation sites (tertiary alicyclic amines) is 1. The summed E-state index contributed by atoms with van der Waals surface area (Å²) in [6.07, 6.45) is -2.10. The van der Waals surface area contributed by atoms with Gasteiger partial charge in [0, 0.05) is 31.2 Å². The molecule has 3 heterocycles. The first-order valence-electron chi connectivity index (χ1n) is 9.60. The van der Waals surface area contributed by atoms with E-state index in [-0.39, 0.29) is 11.9 Å². The van der Waals surface area contributed by atoms with E-state index >= 15 is 0 Å². The predicted molar refractivity (Wildman–Crippen MR) is 103 cm³/mol. The number of alkyl halides is 3. The Hall–Kier alpha value is -2.69. The van der Waals surface area contributed by atoms with E-state index in [0.29, 0.717) is 18.0 Å². The van der Waals surface area contributed by atoms with Crippen LogP contribution < -0.4 is 0 Å². The molecule has 1 amide bonds. The van der Waals surface area contributed by atoms with Crippen LogP contribution in [0.15, 0.2) is 18.3 Å². The molecule has 0 bridgehead atoms. The molecule has 1 atom stereocenters. The second-order valence-electron chi connectivity index (χ2n) is 7.44. The van der Waals surface area contributed by atoms with Gasteiger partial charge < -0.3 is 14.9 Å². The van der Waals surface area contributed by atoms with Gasteiger partial charge in [-0.2, -0.15) is 13.2 Å². The zero-order valence-electron chi connectivity index (χ0n) is 17.3. The smallest absolute Gasteiger partial charge is 0.475 e. The Morgan fingerprint density at radius 3 is 2.40 bits per heavy atom. The van der Waals surface area contributed by atoms with Gasteiger partial charge in [-0.05, 0) is 52.9 Å². The van der Waals surface area contributed by atoms with E-state index in [0.717, 1.165) is 31.0 Å². The zero-order valence-corrected chi connectivity index (χ0v) is 17.3. The molecule has 0 radical (unpaired) electrons. The Balaban J connectivity index is 0.000000396. The summed E-state index contributed by atoms with van der Waals surface area (Å²) >= 11 is 0. The molecule has 0 aliphatic carbocycles. The third-order valence-electron chi connectivity index (χ3n) is 4.90. The molecule has 11 heteroatoms. The van der Waals surface area contributed by atoms with Crippen molar-refractivity contribution in [1.29, 1.82) is 0 Å². The molecule has 3 rings (SSSR count). The lowest BCUT2D eigenvalue weighted by molar-refractivity contribution is -0.192. The second-order valence-corrected chi connectivity index (χ2v) is 7.44. The second kappa shape index (κ2) is 9.41. The molecule has 1 aliphatic heterocycles. The molecular weight excluding hydrogens is 403 g/mol. The maximum absolute atomic E-state index is 12.7. The Morgan fingerprint density at radius 1 is 1.30 bits per heavy atom. The summed E-state index contributed by atoms with van der Waals surface area (Å²) in [6, 6.07) is 3.92. The van der Waals surface area contributed by atoms with Crippen LogP contribution in [0, 0.1) is 0 Å². The van der Waals surface area contributed by atoms with Gasteiger partial charge >= 0.3 is 12.1 Å². The number of pyridine rings is 1. The number of carbonyl (C=O) groups excluding carboxylic acids is 1. The van der Waals surface area contributed by atoms with Crippen molar-refractivity contribution in [2.45, 2.75) is 45.3 Å². The molecule has 0 saturated carbocycles. The van der Waals surface area contributed by atoms with Crippen LogP contribution in [0.2, 0.25) is 0 Å². The Labute approximate surface area is 172 Å². The number of nitrogens with zero attached hydrogens (tertiary/aromatic N) is 5. The van der Waals surface area contributed by atoms with Gasteiger partial charge in [-0.15, -0.1) is 10.2 Å². The molecule has 1 aliphatic rings. The van der Waals surface area contributed by atoms with Crippen molar-refractivity contribution in [3.05, 3.63) is 29.7 Å². The zero-order chi connectivity index (χ0) is 22.6. The van der Waals surface area contributed by atoms with Gasteiger partial charge in [0.15, 0.2) is 5.65 Å². The molecule has 30 heavy (non-hydrogen) atoms. The highest BCUT2D eigenvalue weighted by Crippen LogP contribution is 2.25. The molecule has 0 spiro atoms. The summed E-state index contributed by atoms with van der Waals surface area (Å²) in [7, 11) is 2.12. The number of fused-ring (bicyclic) bond motifs is 1. The van der Waals surface area contributed by atoms with E-state index in [4.69, 9.17) is 9.90 Å². The maximum Gasteiger partial charge on any atom is 0.490 e. The minimum atomic E-state index is -5.08. The summed E-state index contributed by atoms with van der Waals surface area (Å²) < 4.78 is 33.7. The molecule has 1 unspecified atom stereocenters. The van der Waals surface area contributed by atoms with Crippen LogP contribution in [0.3, 0.4) is 0 Å². The van der Waals surface area contributed by atoms with E-state index in [1.54, 1.807) is 0 Å². The number of amides is 1. The Morgan fingerprint density at radius 2 is 1.93 bits per heavy atom.